The molecule has 1 amide bonds. The van der Waals surface area contributed by atoms with Crippen molar-refractivity contribution in [2.45, 2.75) is 26.3 Å². The molecule has 1 aliphatic heterocycles. The zero-order valence-corrected chi connectivity index (χ0v) is 18.2. The van der Waals surface area contributed by atoms with Crippen LogP contribution < -0.4 is 0 Å². The summed E-state index contributed by atoms with van der Waals surface area (Å²) in [7, 11) is 0. The standard InChI is InChI=1S/C26H30N4O/c1-2-13-30-15-14-29(19-21-7-5-11-27-17-21)20-24(26(30)31)16-22-8-3-4-10-25(22)23-9-6-12-28-18-23/h3-12,17-18,24H,2,13-16,19-20H2,1H3/t24-/m1/s1. The van der Waals surface area contributed by atoms with Gasteiger partial charge in [0.1, 0.15) is 0 Å². The van der Waals surface area contributed by atoms with E-state index in [1.807, 2.05) is 24.5 Å². The topological polar surface area (TPSA) is 49.3 Å². The lowest BCUT2D eigenvalue weighted by Gasteiger charge is -2.24. The van der Waals surface area contributed by atoms with Crippen LogP contribution in [0.25, 0.3) is 11.1 Å². The molecule has 1 atom stereocenters. The first-order valence-corrected chi connectivity index (χ1v) is 11.1. The van der Waals surface area contributed by atoms with E-state index in [1.165, 1.54) is 11.1 Å². The molecule has 0 aliphatic carbocycles. The van der Waals surface area contributed by atoms with Gasteiger partial charge in [-0.1, -0.05) is 43.3 Å². The van der Waals surface area contributed by atoms with Crippen molar-refractivity contribution in [1.29, 1.82) is 0 Å². The average molecular weight is 415 g/mol. The first-order valence-electron chi connectivity index (χ1n) is 11.1. The van der Waals surface area contributed by atoms with Gasteiger partial charge < -0.3 is 4.90 Å². The number of carbonyl (C=O) groups is 1. The highest BCUT2D eigenvalue weighted by Crippen LogP contribution is 2.27. The minimum Gasteiger partial charge on any atom is -0.341 e. The van der Waals surface area contributed by atoms with Crippen molar-refractivity contribution in [1.82, 2.24) is 19.8 Å². The second kappa shape index (κ2) is 10.3. The van der Waals surface area contributed by atoms with Crippen molar-refractivity contribution in [3.05, 3.63) is 84.4 Å². The summed E-state index contributed by atoms with van der Waals surface area (Å²) in [5.74, 6) is 0.208. The third-order valence-electron chi connectivity index (χ3n) is 5.90. The smallest absolute Gasteiger partial charge is 0.227 e. The predicted molar refractivity (Wildman–Crippen MR) is 123 cm³/mol. The van der Waals surface area contributed by atoms with Crippen molar-refractivity contribution in [2.75, 3.05) is 26.2 Å². The van der Waals surface area contributed by atoms with E-state index < -0.39 is 0 Å². The lowest BCUT2D eigenvalue weighted by atomic mass is 9.91. The van der Waals surface area contributed by atoms with Gasteiger partial charge in [0.2, 0.25) is 5.91 Å². The van der Waals surface area contributed by atoms with Crippen LogP contribution in [0, 0.1) is 5.92 Å². The molecule has 0 saturated carbocycles. The molecule has 5 nitrogen and oxygen atoms in total. The Labute approximate surface area is 184 Å². The van der Waals surface area contributed by atoms with Gasteiger partial charge in [-0.2, -0.15) is 0 Å². The molecule has 1 saturated heterocycles. The summed E-state index contributed by atoms with van der Waals surface area (Å²) in [6, 6.07) is 16.5. The lowest BCUT2D eigenvalue weighted by Crippen LogP contribution is -2.37. The van der Waals surface area contributed by atoms with Gasteiger partial charge in [0, 0.05) is 63.1 Å². The third-order valence-corrected chi connectivity index (χ3v) is 5.90. The number of amides is 1. The largest absolute Gasteiger partial charge is 0.341 e. The highest BCUT2D eigenvalue weighted by molar-refractivity contribution is 5.80. The van der Waals surface area contributed by atoms with Gasteiger partial charge in [-0.15, -0.1) is 0 Å². The van der Waals surface area contributed by atoms with Gasteiger partial charge in [-0.3, -0.25) is 19.7 Å². The maximum Gasteiger partial charge on any atom is 0.227 e. The second-order valence-corrected chi connectivity index (χ2v) is 8.22. The molecule has 1 aliphatic rings. The van der Waals surface area contributed by atoms with E-state index in [-0.39, 0.29) is 11.8 Å². The maximum atomic E-state index is 13.5. The molecule has 1 fully saturated rings. The first kappa shape index (κ1) is 21.2. The van der Waals surface area contributed by atoms with Crippen LogP contribution in [0.4, 0.5) is 0 Å². The summed E-state index contributed by atoms with van der Waals surface area (Å²) in [6.07, 6.45) is 9.12. The number of nitrogens with zero attached hydrogens (tertiary/aromatic N) is 4. The highest BCUT2D eigenvalue weighted by atomic mass is 16.2. The van der Waals surface area contributed by atoms with Crippen molar-refractivity contribution in [3.63, 3.8) is 0 Å². The van der Waals surface area contributed by atoms with Gasteiger partial charge in [-0.25, -0.2) is 0 Å². The molecule has 31 heavy (non-hydrogen) atoms. The average Bonchev–Trinajstić information content (AvgIpc) is 2.95. The van der Waals surface area contributed by atoms with Crippen LogP contribution in [0.3, 0.4) is 0 Å². The van der Waals surface area contributed by atoms with Crippen molar-refractivity contribution in [3.8, 4) is 11.1 Å². The second-order valence-electron chi connectivity index (χ2n) is 8.22. The quantitative estimate of drug-likeness (QED) is 0.585. The molecule has 0 N–H and O–H groups in total. The van der Waals surface area contributed by atoms with E-state index in [1.54, 1.807) is 12.4 Å². The molecular formula is C26H30N4O. The van der Waals surface area contributed by atoms with E-state index >= 15 is 0 Å². The van der Waals surface area contributed by atoms with E-state index in [0.29, 0.717) is 0 Å². The van der Waals surface area contributed by atoms with Crippen LogP contribution in [0.15, 0.2) is 73.3 Å². The Morgan fingerprint density at radius 3 is 2.52 bits per heavy atom. The zero-order chi connectivity index (χ0) is 21.5. The molecular weight excluding hydrogens is 384 g/mol. The molecule has 2 aromatic heterocycles. The molecule has 5 heteroatoms. The Morgan fingerprint density at radius 2 is 1.77 bits per heavy atom. The fourth-order valence-corrected chi connectivity index (χ4v) is 4.42. The number of aromatic nitrogens is 2. The molecule has 3 heterocycles. The summed E-state index contributed by atoms with van der Waals surface area (Å²) in [4.78, 5) is 26.5. The molecule has 3 aromatic rings. The first-order chi connectivity index (χ1) is 15.2. The van der Waals surface area contributed by atoms with Crippen LogP contribution in [0.2, 0.25) is 0 Å². The number of hydrogen-bond acceptors (Lipinski definition) is 4. The lowest BCUT2D eigenvalue weighted by molar-refractivity contribution is -0.134. The normalized spacial score (nSPS) is 17.5. The molecule has 0 bridgehead atoms. The monoisotopic (exact) mass is 414 g/mol. The van der Waals surface area contributed by atoms with E-state index in [2.05, 4.69) is 63.1 Å². The number of hydrogen-bond donors (Lipinski definition) is 0. The summed E-state index contributed by atoms with van der Waals surface area (Å²) in [5, 5.41) is 0. The Bertz CT molecular complexity index is 977. The number of pyridine rings is 2. The molecule has 4 rings (SSSR count). The minimum atomic E-state index is -0.0662. The zero-order valence-electron chi connectivity index (χ0n) is 18.2. The summed E-state index contributed by atoms with van der Waals surface area (Å²) in [5.41, 5.74) is 4.65. The van der Waals surface area contributed by atoms with Gasteiger partial charge in [0.15, 0.2) is 0 Å². The van der Waals surface area contributed by atoms with E-state index in [9.17, 15) is 4.79 Å². The maximum absolute atomic E-state index is 13.5. The molecule has 1 aromatic carbocycles. The third kappa shape index (κ3) is 5.36. The Kier molecular flexibility index (Phi) is 7.05. The van der Waals surface area contributed by atoms with Crippen LogP contribution in [0.5, 0.6) is 0 Å². The van der Waals surface area contributed by atoms with Gasteiger partial charge >= 0.3 is 0 Å². The SMILES string of the molecule is CCCN1CCN(Cc2cccnc2)C[C@@H](Cc2ccccc2-c2cccnc2)C1=O. The van der Waals surface area contributed by atoms with E-state index in [4.69, 9.17) is 0 Å². The van der Waals surface area contributed by atoms with Crippen molar-refractivity contribution < 1.29 is 4.79 Å². The fourth-order valence-electron chi connectivity index (χ4n) is 4.42. The van der Waals surface area contributed by atoms with Gasteiger partial charge in [-0.05, 0) is 41.7 Å². The Balaban J connectivity index is 1.59. The highest BCUT2D eigenvalue weighted by Gasteiger charge is 2.30. The predicted octanol–water partition coefficient (Wildman–Crippen LogP) is 4.06. The molecule has 0 spiro atoms. The Morgan fingerprint density at radius 1 is 0.968 bits per heavy atom. The van der Waals surface area contributed by atoms with Gasteiger partial charge in [0.25, 0.3) is 0 Å². The van der Waals surface area contributed by atoms with Crippen molar-refractivity contribution in [2.24, 2.45) is 5.92 Å². The summed E-state index contributed by atoms with van der Waals surface area (Å²) >= 11 is 0. The van der Waals surface area contributed by atoms with Gasteiger partial charge in [0.05, 0.1) is 5.92 Å². The molecule has 160 valence electrons. The number of carbonyl (C=O) groups excluding carboxylic acids is 1. The van der Waals surface area contributed by atoms with Crippen LogP contribution in [0.1, 0.15) is 24.5 Å². The van der Waals surface area contributed by atoms with Crippen molar-refractivity contribution >= 4 is 5.91 Å². The fraction of sp³-hybridized carbons (Fsp3) is 0.346. The van der Waals surface area contributed by atoms with E-state index in [0.717, 1.165) is 56.7 Å². The summed E-state index contributed by atoms with van der Waals surface area (Å²) in [6.45, 7) is 6.21. The number of rotatable bonds is 7. The molecule has 0 unspecified atom stereocenters. The minimum absolute atomic E-state index is 0.0662. The van der Waals surface area contributed by atoms with Crippen LogP contribution in [-0.2, 0) is 17.8 Å². The molecule has 0 radical (unpaired) electrons. The number of benzene rings is 1. The Hall–Kier alpha value is -3.05. The van der Waals surface area contributed by atoms with Crippen LogP contribution in [-0.4, -0.2) is 51.9 Å². The van der Waals surface area contributed by atoms with Crippen LogP contribution >= 0.6 is 0 Å². The summed E-state index contributed by atoms with van der Waals surface area (Å²) < 4.78 is 0.